The Kier molecular flexibility index (Phi) is 2.06. The quantitative estimate of drug-likeness (QED) is 0.682. The maximum atomic E-state index is 11.9. The summed E-state index contributed by atoms with van der Waals surface area (Å²) in [6, 6.07) is 2.86. The fourth-order valence-electron chi connectivity index (χ4n) is 0.729. The molecular formula is C7H10FNO. The highest BCUT2D eigenvalue weighted by Crippen LogP contribution is 2.13. The Morgan fingerprint density at radius 2 is 2.40 bits per heavy atom. The van der Waals surface area contributed by atoms with Crippen molar-refractivity contribution in [3.05, 3.63) is 23.7 Å². The standard InChI is InChI=1S/C7H10FNO/c1-5-2-3-7(10-5)6(9)4-8/h2-3,6H,4,9H2,1H3/t6-/m1/s1. The van der Waals surface area contributed by atoms with E-state index in [1.165, 1.54) is 0 Å². The van der Waals surface area contributed by atoms with E-state index in [1.54, 1.807) is 19.1 Å². The topological polar surface area (TPSA) is 39.2 Å². The molecule has 3 heteroatoms. The summed E-state index contributed by atoms with van der Waals surface area (Å²) in [4.78, 5) is 0. The second-order valence-corrected chi connectivity index (χ2v) is 2.21. The lowest BCUT2D eigenvalue weighted by molar-refractivity contribution is 0.374. The number of hydrogen-bond acceptors (Lipinski definition) is 2. The SMILES string of the molecule is Cc1ccc([C@H](N)CF)o1. The van der Waals surface area contributed by atoms with Crippen molar-refractivity contribution in [2.75, 3.05) is 6.67 Å². The minimum absolute atomic E-state index is 0.514. The van der Waals surface area contributed by atoms with Gasteiger partial charge in [0.1, 0.15) is 18.2 Å². The van der Waals surface area contributed by atoms with Crippen molar-refractivity contribution in [3.63, 3.8) is 0 Å². The highest BCUT2D eigenvalue weighted by Gasteiger charge is 2.07. The number of hydrogen-bond donors (Lipinski definition) is 1. The summed E-state index contributed by atoms with van der Waals surface area (Å²) in [6.07, 6.45) is 0. The molecule has 2 N–H and O–H groups in total. The number of rotatable bonds is 2. The Labute approximate surface area is 58.8 Å². The molecule has 0 spiro atoms. The molecule has 1 aromatic heterocycles. The zero-order valence-electron chi connectivity index (χ0n) is 5.80. The maximum absolute atomic E-state index is 11.9. The van der Waals surface area contributed by atoms with Gasteiger partial charge < -0.3 is 10.2 Å². The second-order valence-electron chi connectivity index (χ2n) is 2.21. The van der Waals surface area contributed by atoms with Gasteiger partial charge in [0.05, 0.1) is 6.04 Å². The van der Waals surface area contributed by atoms with Crippen molar-refractivity contribution in [1.29, 1.82) is 0 Å². The monoisotopic (exact) mass is 143 g/mol. The molecule has 1 rings (SSSR count). The van der Waals surface area contributed by atoms with E-state index in [1.807, 2.05) is 0 Å². The minimum atomic E-state index is -0.603. The smallest absolute Gasteiger partial charge is 0.123 e. The molecule has 0 unspecified atom stereocenters. The molecule has 0 saturated heterocycles. The van der Waals surface area contributed by atoms with Gasteiger partial charge in [-0.15, -0.1) is 0 Å². The molecule has 1 aromatic rings. The van der Waals surface area contributed by atoms with Crippen molar-refractivity contribution in [1.82, 2.24) is 0 Å². The molecule has 0 bridgehead atoms. The summed E-state index contributed by atoms with van der Waals surface area (Å²) >= 11 is 0. The van der Waals surface area contributed by atoms with Crippen LogP contribution in [0.3, 0.4) is 0 Å². The van der Waals surface area contributed by atoms with E-state index in [0.29, 0.717) is 5.76 Å². The lowest BCUT2D eigenvalue weighted by Crippen LogP contribution is -2.10. The molecule has 10 heavy (non-hydrogen) atoms. The molecule has 0 saturated carbocycles. The van der Waals surface area contributed by atoms with E-state index in [2.05, 4.69) is 0 Å². The lowest BCUT2D eigenvalue weighted by atomic mass is 10.3. The van der Waals surface area contributed by atoms with Crippen LogP contribution in [0.1, 0.15) is 17.6 Å². The van der Waals surface area contributed by atoms with Crippen molar-refractivity contribution < 1.29 is 8.81 Å². The van der Waals surface area contributed by atoms with E-state index in [-0.39, 0.29) is 0 Å². The minimum Gasteiger partial charge on any atom is -0.465 e. The number of halogens is 1. The summed E-state index contributed by atoms with van der Waals surface area (Å²) in [5.41, 5.74) is 5.34. The van der Waals surface area contributed by atoms with Crippen molar-refractivity contribution in [3.8, 4) is 0 Å². The maximum Gasteiger partial charge on any atom is 0.123 e. The average Bonchev–Trinajstić information content (AvgIpc) is 2.34. The first kappa shape index (κ1) is 7.28. The van der Waals surface area contributed by atoms with Gasteiger partial charge >= 0.3 is 0 Å². The van der Waals surface area contributed by atoms with Gasteiger partial charge in [-0.2, -0.15) is 0 Å². The fourth-order valence-corrected chi connectivity index (χ4v) is 0.729. The third kappa shape index (κ3) is 1.36. The molecule has 0 aromatic carbocycles. The summed E-state index contributed by atoms with van der Waals surface area (Å²) < 4.78 is 17.0. The Balaban J connectivity index is 2.74. The molecule has 0 fully saturated rings. The van der Waals surface area contributed by atoms with Crippen molar-refractivity contribution >= 4 is 0 Å². The molecule has 0 aliphatic rings. The molecular weight excluding hydrogens is 133 g/mol. The molecule has 0 aliphatic heterocycles. The Bertz CT molecular complexity index is 209. The van der Waals surface area contributed by atoms with E-state index in [9.17, 15) is 4.39 Å². The third-order valence-corrected chi connectivity index (χ3v) is 1.29. The van der Waals surface area contributed by atoms with Crippen LogP contribution in [0.2, 0.25) is 0 Å². The number of alkyl halides is 1. The molecule has 56 valence electrons. The van der Waals surface area contributed by atoms with Gasteiger partial charge in [-0.3, -0.25) is 0 Å². The zero-order chi connectivity index (χ0) is 7.56. The van der Waals surface area contributed by atoms with Crippen LogP contribution in [0.15, 0.2) is 16.5 Å². The normalized spacial score (nSPS) is 13.5. The largest absolute Gasteiger partial charge is 0.465 e. The van der Waals surface area contributed by atoms with E-state index in [4.69, 9.17) is 10.2 Å². The van der Waals surface area contributed by atoms with Crippen molar-refractivity contribution in [2.24, 2.45) is 5.73 Å². The van der Waals surface area contributed by atoms with E-state index >= 15 is 0 Å². The Morgan fingerprint density at radius 3 is 2.80 bits per heavy atom. The van der Waals surface area contributed by atoms with Crippen molar-refractivity contribution in [2.45, 2.75) is 13.0 Å². The Morgan fingerprint density at radius 1 is 1.70 bits per heavy atom. The van der Waals surface area contributed by atoms with Gasteiger partial charge in [-0.05, 0) is 19.1 Å². The van der Waals surface area contributed by atoms with Crippen LogP contribution in [-0.4, -0.2) is 6.67 Å². The van der Waals surface area contributed by atoms with Crippen LogP contribution in [0.4, 0.5) is 4.39 Å². The van der Waals surface area contributed by atoms with Gasteiger partial charge in [0.2, 0.25) is 0 Å². The zero-order valence-corrected chi connectivity index (χ0v) is 5.80. The van der Waals surface area contributed by atoms with Crippen LogP contribution in [0, 0.1) is 6.92 Å². The predicted molar refractivity (Wildman–Crippen MR) is 36.3 cm³/mol. The van der Waals surface area contributed by atoms with Gasteiger partial charge in [-0.25, -0.2) is 4.39 Å². The predicted octanol–water partition coefficient (Wildman–Crippen LogP) is 1.56. The van der Waals surface area contributed by atoms with Crippen LogP contribution in [0.5, 0.6) is 0 Å². The van der Waals surface area contributed by atoms with Crippen LogP contribution < -0.4 is 5.73 Å². The van der Waals surface area contributed by atoms with E-state index < -0.39 is 12.7 Å². The lowest BCUT2D eigenvalue weighted by Gasteiger charge is -2.00. The van der Waals surface area contributed by atoms with E-state index in [0.717, 1.165) is 5.76 Å². The molecule has 0 amide bonds. The summed E-state index contributed by atoms with van der Waals surface area (Å²) in [7, 11) is 0. The summed E-state index contributed by atoms with van der Waals surface area (Å²) in [6.45, 7) is 1.22. The first-order valence-electron chi connectivity index (χ1n) is 3.12. The highest BCUT2D eigenvalue weighted by atomic mass is 19.1. The average molecular weight is 143 g/mol. The van der Waals surface area contributed by atoms with Gasteiger partial charge in [0.25, 0.3) is 0 Å². The molecule has 2 nitrogen and oxygen atoms in total. The molecule has 0 aliphatic carbocycles. The highest BCUT2D eigenvalue weighted by molar-refractivity contribution is 5.08. The second kappa shape index (κ2) is 2.84. The first-order valence-corrected chi connectivity index (χ1v) is 3.12. The van der Waals surface area contributed by atoms with Crippen LogP contribution in [0.25, 0.3) is 0 Å². The fraction of sp³-hybridized carbons (Fsp3) is 0.429. The van der Waals surface area contributed by atoms with Gasteiger partial charge in [-0.1, -0.05) is 0 Å². The molecule has 1 atom stereocenters. The number of nitrogens with two attached hydrogens (primary N) is 1. The first-order chi connectivity index (χ1) is 4.74. The third-order valence-electron chi connectivity index (χ3n) is 1.29. The van der Waals surface area contributed by atoms with Crippen LogP contribution in [-0.2, 0) is 0 Å². The number of furan rings is 1. The Hall–Kier alpha value is -0.830. The molecule has 0 radical (unpaired) electrons. The summed E-state index contributed by atoms with van der Waals surface area (Å²) in [5.74, 6) is 1.28. The number of aryl methyl sites for hydroxylation is 1. The van der Waals surface area contributed by atoms with Gasteiger partial charge in [0, 0.05) is 0 Å². The van der Waals surface area contributed by atoms with Gasteiger partial charge in [0.15, 0.2) is 0 Å². The summed E-state index contributed by atoms with van der Waals surface area (Å²) in [5, 5.41) is 0. The molecule has 1 heterocycles. The van der Waals surface area contributed by atoms with Crippen LogP contribution >= 0.6 is 0 Å².